The topological polar surface area (TPSA) is 36.1 Å². The third-order valence-electron chi connectivity index (χ3n) is 7.68. The Hall–Kier alpha value is -2.00. The summed E-state index contributed by atoms with van der Waals surface area (Å²) < 4.78 is 0. The fourth-order valence-electron chi connectivity index (χ4n) is 4.54. The maximum absolute atomic E-state index is 3.77. The van der Waals surface area contributed by atoms with Crippen LogP contribution in [0.3, 0.4) is 0 Å². The van der Waals surface area contributed by atoms with Gasteiger partial charge in [0.1, 0.15) is 0 Å². The molecule has 0 radical (unpaired) electrons. The highest BCUT2D eigenvalue weighted by Crippen LogP contribution is 2.31. The number of anilines is 2. The van der Waals surface area contributed by atoms with Gasteiger partial charge >= 0.3 is 0 Å². The van der Waals surface area contributed by atoms with Gasteiger partial charge in [0.05, 0.1) is 0 Å². The molecule has 2 rings (SSSR count). The Morgan fingerprint density at radius 1 is 0.419 bits per heavy atom. The van der Waals surface area contributed by atoms with Crippen molar-refractivity contribution in [3.63, 3.8) is 0 Å². The van der Waals surface area contributed by atoms with Crippen LogP contribution in [0, 0.1) is 69.2 Å². The molecule has 31 heavy (non-hydrogen) atoms. The van der Waals surface area contributed by atoms with Crippen LogP contribution >= 0.6 is 0 Å². The van der Waals surface area contributed by atoms with Crippen LogP contribution in [0.4, 0.5) is 11.4 Å². The van der Waals surface area contributed by atoms with E-state index in [1.807, 2.05) is 0 Å². The molecular formula is C28H45N3. The molecule has 172 valence electrons. The van der Waals surface area contributed by atoms with E-state index in [-0.39, 0.29) is 0 Å². The van der Waals surface area contributed by atoms with Crippen LogP contribution in [-0.4, -0.2) is 25.2 Å². The minimum Gasteiger partial charge on any atom is -0.381 e. The van der Waals surface area contributed by atoms with Crippen LogP contribution in [0.5, 0.6) is 0 Å². The van der Waals surface area contributed by atoms with Crippen molar-refractivity contribution in [3.8, 4) is 0 Å². The molecule has 0 aliphatic rings. The number of hydrogen-bond acceptors (Lipinski definition) is 3. The lowest BCUT2D eigenvalue weighted by molar-refractivity contribution is 0.596. The Morgan fingerprint density at radius 2 is 0.645 bits per heavy atom. The molecule has 0 bridgehead atoms. The Labute approximate surface area is 191 Å². The quantitative estimate of drug-likeness (QED) is 0.444. The summed E-state index contributed by atoms with van der Waals surface area (Å²) in [4.78, 5) is 0. The monoisotopic (exact) mass is 423 g/mol. The first-order valence-electron chi connectivity index (χ1n) is 11.8. The van der Waals surface area contributed by atoms with Crippen LogP contribution in [0.15, 0.2) is 0 Å². The van der Waals surface area contributed by atoms with Gasteiger partial charge in [0.15, 0.2) is 0 Å². The summed E-state index contributed by atoms with van der Waals surface area (Å²) in [5, 5.41) is 11.2. The Balaban J connectivity index is 1.98. The molecule has 2 aromatic rings. The Kier molecular flexibility index (Phi) is 8.21. The molecule has 3 nitrogen and oxygen atoms in total. The molecule has 0 saturated carbocycles. The molecule has 0 spiro atoms. The molecule has 0 aliphatic heterocycles. The molecule has 0 fully saturated rings. The minimum atomic E-state index is 0.360. The Bertz CT molecular complexity index is 820. The van der Waals surface area contributed by atoms with Gasteiger partial charge in [-0.1, -0.05) is 0 Å². The Morgan fingerprint density at radius 3 is 0.903 bits per heavy atom. The summed E-state index contributed by atoms with van der Waals surface area (Å²) in [6.45, 7) is 28.7. The van der Waals surface area contributed by atoms with Gasteiger partial charge in [-0.15, -0.1) is 0 Å². The normalized spacial score (nSPS) is 13.3. The molecule has 0 aromatic heterocycles. The van der Waals surface area contributed by atoms with Gasteiger partial charge in [-0.2, -0.15) is 0 Å². The number of nitrogens with one attached hydrogen (secondary N) is 3. The van der Waals surface area contributed by atoms with Gasteiger partial charge < -0.3 is 16.0 Å². The van der Waals surface area contributed by atoms with E-state index in [2.05, 4.69) is 99.0 Å². The summed E-state index contributed by atoms with van der Waals surface area (Å²) in [5.74, 6) is 0. The van der Waals surface area contributed by atoms with E-state index >= 15 is 0 Å². The fourth-order valence-corrected chi connectivity index (χ4v) is 4.54. The number of benzene rings is 2. The van der Waals surface area contributed by atoms with Crippen LogP contribution in [0.2, 0.25) is 0 Å². The van der Waals surface area contributed by atoms with Crippen molar-refractivity contribution in [2.75, 3.05) is 23.7 Å². The van der Waals surface area contributed by atoms with E-state index in [1.165, 1.54) is 67.0 Å². The molecule has 0 heterocycles. The first-order valence-corrected chi connectivity index (χ1v) is 11.8. The summed E-state index contributed by atoms with van der Waals surface area (Å²) in [5.41, 5.74) is 16.5. The van der Waals surface area contributed by atoms with Gasteiger partial charge in [0.25, 0.3) is 0 Å². The first kappa shape index (κ1) is 25.3. The maximum Gasteiger partial charge on any atom is 0.0407 e. The van der Waals surface area contributed by atoms with E-state index in [4.69, 9.17) is 0 Å². The lowest BCUT2D eigenvalue weighted by Gasteiger charge is -2.25. The van der Waals surface area contributed by atoms with Gasteiger partial charge in [-0.25, -0.2) is 0 Å². The molecule has 3 heteroatoms. The second-order valence-electron chi connectivity index (χ2n) is 9.75. The zero-order valence-electron chi connectivity index (χ0n) is 22.1. The zero-order chi connectivity index (χ0) is 23.6. The SMILES string of the molecule is Cc1c(C)c(C)c(NC(C)CNCC(C)Nc2c(C)c(C)c(C)c(C)c2C)c(C)c1C. The van der Waals surface area contributed by atoms with E-state index < -0.39 is 0 Å². The van der Waals surface area contributed by atoms with Gasteiger partial charge in [-0.3, -0.25) is 0 Å². The highest BCUT2D eigenvalue weighted by molar-refractivity contribution is 5.66. The highest BCUT2D eigenvalue weighted by Gasteiger charge is 2.16. The first-order chi connectivity index (χ1) is 14.4. The van der Waals surface area contributed by atoms with Crippen molar-refractivity contribution >= 4 is 11.4 Å². The molecule has 3 N–H and O–H groups in total. The average molecular weight is 424 g/mol. The second kappa shape index (κ2) is 10.1. The molecule has 2 aromatic carbocycles. The lowest BCUT2D eigenvalue weighted by atomic mass is 9.92. The molecule has 2 unspecified atom stereocenters. The molecule has 0 aliphatic carbocycles. The summed E-state index contributed by atoms with van der Waals surface area (Å²) in [7, 11) is 0. The average Bonchev–Trinajstić information content (AvgIpc) is 2.74. The predicted molar refractivity (Wildman–Crippen MR) is 139 cm³/mol. The van der Waals surface area contributed by atoms with Crippen LogP contribution in [-0.2, 0) is 0 Å². The summed E-state index contributed by atoms with van der Waals surface area (Å²) in [6, 6.07) is 0.719. The van der Waals surface area contributed by atoms with E-state index in [1.54, 1.807) is 0 Å². The van der Waals surface area contributed by atoms with Crippen molar-refractivity contribution in [2.24, 2.45) is 0 Å². The maximum atomic E-state index is 3.77. The van der Waals surface area contributed by atoms with Crippen molar-refractivity contribution < 1.29 is 0 Å². The van der Waals surface area contributed by atoms with E-state index in [9.17, 15) is 0 Å². The third-order valence-corrected chi connectivity index (χ3v) is 7.68. The van der Waals surface area contributed by atoms with Crippen molar-refractivity contribution in [1.29, 1.82) is 0 Å². The number of hydrogen-bond donors (Lipinski definition) is 3. The standard InChI is InChI=1S/C28H45N3/c1-15(30-27-23(9)19(5)17(3)20(6)24(27)10)13-29-14-16(2)31-28-25(11)21(7)18(4)22(8)26(28)12/h15-16,29-31H,13-14H2,1-12H3. The van der Waals surface area contributed by atoms with Gasteiger partial charge in [-0.05, 0) is 139 Å². The summed E-state index contributed by atoms with van der Waals surface area (Å²) >= 11 is 0. The highest BCUT2D eigenvalue weighted by atomic mass is 15.0. The molecule has 2 atom stereocenters. The van der Waals surface area contributed by atoms with Gasteiger partial charge in [0, 0.05) is 36.5 Å². The fraction of sp³-hybridized carbons (Fsp3) is 0.571. The van der Waals surface area contributed by atoms with E-state index in [0.717, 1.165) is 13.1 Å². The minimum absolute atomic E-state index is 0.360. The van der Waals surface area contributed by atoms with Crippen LogP contribution in [0.1, 0.15) is 69.5 Å². The molecule has 0 amide bonds. The molecule has 0 saturated heterocycles. The third kappa shape index (κ3) is 5.26. The molecular weight excluding hydrogens is 378 g/mol. The van der Waals surface area contributed by atoms with Gasteiger partial charge in [0.2, 0.25) is 0 Å². The summed E-state index contributed by atoms with van der Waals surface area (Å²) in [6.07, 6.45) is 0. The van der Waals surface area contributed by atoms with Crippen LogP contribution in [0.25, 0.3) is 0 Å². The van der Waals surface area contributed by atoms with Crippen LogP contribution < -0.4 is 16.0 Å². The smallest absolute Gasteiger partial charge is 0.0407 e. The van der Waals surface area contributed by atoms with Crippen molar-refractivity contribution in [3.05, 3.63) is 55.6 Å². The van der Waals surface area contributed by atoms with Crippen molar-refractivity contribution in [2.45, 2.75) is 95.2 Å². The lowest BCUT2D eigenvalue weighted by Crippen LogP contribution is -2.37. The zero-order valence-corrected chi connectivity index (χ0v) is 22.1. The second-order valence-corrected chi connectivity index (χ2v) is 9.75. The van der Waals surface area contributed by atoms with E-state index in [0.29, 0.717) is 12.1 Å². The van der Waals surface area contributed by atoms with Crippen molar-refractivity contribution in [1.82, 2.24) is 5.32 Å². The predicted octanol–water partition coefficient (Wildman–Crippen LogP) is 6.66. The number of rotatable bonds is 8. The largest absolute Gasteiger partial charge is 0.381 e.